The van der Waals surface area contributed by atoms with Gasteiger partial charge in [-0.2, -0.15) is 0 Å². The van der Waals surface area contributed by atoms with Crippen molar-refractivity contribution in [1.82, 2.24) is 5.32 Å². The number of nitrogens with zero attached hydrogens (tertiary/aromatic N) is 1. The van der Waals surface area contributed by atoms with E-state index in [-0.39, 0.29) is 46.3 Å². The molecule has 3 aromatic carbocycles. The Morgan fingerprint density at radius 1 is 0.943 bits per heavy atom. The van der Waals surface area contributed by atoms with E-state index in [1.165, 1.54) is 30.3 Å². The molecule has 14 heteroatoms. The molecule has 274 valence electrons. The second-order valence-electron chi connectivity index (χ2n) is 14.2. The Balaban J connectivity index is 1.21. The molecule has 53 heavy (non-hydrogen) atoms. The van der Waals surface area contributed by atoms with Crippen LogP contribution in [0.25, 0.3) is 0 Å². The molecule has 1 aliphatic heterocycles. The van der Waals surface area contributed by atoms with Crippen molar-refractivity contribution in [3.05, 3.63) is 99.1 Å². The number of anilines is 1. The van der Waals surface area contributed by atoms with Crippen LogP contribution in [-0.4, -0.2) is 91.1 Å². The van der Waals surface area contributed by atoms with E-state index in [0.717, 1.165) is 17.1 Å². The smallest absolute Gasteiger partial charge is 0.258 e. The molecule has 6 atom stereocenters. The fourth-order valence-corrected chi connectivity index (χ4v) is 8.08. The highest BCUT2D eigenvalue weighted by molar-refractivity contribution is 6.31. The molecule has 0 radical (unpaired) electrons. The van der Waals surface area contributed by atoms with Crippen LogP contribution in [0.2, 0.25) is 0 Å². The van der Waals surface area contributed by atoms with Crippen molar-refractivity contribution in [1.29, 1.82) is 0 Å². The topological polar surface area (TPSA) is 228 Å². The fraction of sp³-hybridized carbons (Fsp3) is 0.333. The molecule has 3 amide bonds. The number of aryl methyl sites for hydroxylation is 1. The SMILES string of the molecule is Cc1cccc2c1C(=O)c1c(O)c3c(c(O)c1C2=O)CC(O)(C(=O)CO)CC3OC1CC(C)C(O)C(NC(=O)c2cccc(N3C(=O)C=CC3=O)c2)C1. The van der Waals surface area contributed by atoms with Gasteiger partial charge < -0.3 is 35.6 Å². The number of phenolic OH excluding ortho intramolecular Hbond substituents is 2. The van der Waals surface area contributed by atoms with Crippen LogP contribution < -0.4 is 10.2 Å². The van der Waals surface area contributed by atoms with Gasteiger partial charge in [0.15, 0.2) is 17.3 Å². The van der Waals surface area contributed by atoms with Gasteiger partial charge in [-0.15, -0.1) is 0 Å². The van der Waals surface area contributed by atoms with Crippen LogP contribution in [0.4, 0.5) is 5.69 Å². The lowest BCUT2D eigenvalue weighted by Gasteiger charge is -2.43. The van der Waals surface area contributed by atoms with Gasteiger partial charge in [0.1, 0.15) is 23.7 Å². The third-order valence-corrected chi connectivity index (χ3v) is 10.8. The summed E-state index contributed by atoms with van der Waals surface area (Å²) in [4.78, 5) is 79.3. The molecule has 7 rings (SSSR count). The Kier molecular flexibility index (Phi) is 8.89. The Labute approximate surface area is 302 Å². The first-order chi connectivity index (χ1) is 25.1. The number of phenols is 2. The van der Waals surface area contributed by atoms with E-state index in [0.29, 0.717) is 5.56 Å². The molecule has 3 aromatic rings. The summed E-state index contributed by atoms with van der Waals surface area (Å²) < 4.78 is 6.47. The molecule has 4 aliphatic rings. The Morgan fingerprint density at radius 2 is 1.62 bits per heavy atom. The fourth-order valence-electron chi connectivity index (χ4n) is 8.08. The van der Waals surface area contributed by atoms with Crippen molar-refractivity contribution in [3.63, 3.8) is 0 Å². The molecule has 0 bridgehead atoms. The second-order valence-corrected chi connectivity index (χ2v) is 14.2. The molecule has 0 spiro atoms. The number of benzene rings is 3. The Hall–Kier alpha value is -5.54. The molecule has 0 saturated heterocycles. The number of ketones is 3. The summed E-state index contributed by atoms with van der Waals surface area (Å²) in [5.41, 5.74) is -2.66. The number of nitrogens with one attached hydrogen (secondary N) is 1. The van der Waals surface area contributed by atoms with Crippen molar-refractivity contribution in [3.8, 4) is 11.5 Å². The number of carbonyl (C=O) groups is 6. The quantitative estimate of drug-likeness (QED) is 0.119. The van der Waals surface area contributed by atoms with Crippen LogP contribution in [0.15, 0.2) is 54.6 Å². The van der Waals surface area contributed by atoms with Crippen LogP contribution in [0, 0.1) is 12.8 Å². The zero-order valence-corrected chi connectivity index (χ0v) is 28.7. The number of imide groups is 1. The maximum Gasteiger partial charge on any atom is 0.258 e. The van der Waals surface area contributed by atoms with Gasteiger partial charge >= 0.3 is 0 Å². The van der Waals surface area contributed by atoms with Crippen LogP contribution in [0.1, 0.15) is 91.2 Å². The standard InChI is InChI=1S/C39H36N2O12/c1-17-5-3-8-22-29(17)36(49)32-31(34(22)47)35(48)23-14-39(52,26(43)16-42)15-25(30(23)37(32)50)53-21-11-18(2)33(46)24(13-21)40-38(51)19-6-4-7-20(12-19)41-27(44)9-10-28(41)45/h3-10,12,18,21,24-25,33,42,46,48,50,52H,11,13-16H2,1-2H3,(H,40,51). The lowest BCUT2D eigenvalue weighted by molar-refractivity contribution is -0.151. The minimum absolute atomic E-state index is 0.00380. The molecule has 14 nitrogen and oxygen atoms in total. The number of hydrogen-bond acceptors (Lipinski definition) is 12. The first-order valence-electron chi connectivity index (χ1n) is 17.1. The number of ether oxygens (including phenoxy) is 1. The summed E-state index contributed by atoms with van der Waals surface area (Å²) in [6.45, 7) is 2.30. The number of aliphatic hydroxyl groups excluding tert-OH is 2. The summed E-state index contributed by atoms with van der Waals surface area (Å²) in [6, 6.07) is 9.58. The summed E-state index contributed by atoms with van der Waals surface area (Å²) in [6.07, 6.45) is -1.84. The lowest BCUT2D eigenvalue weighted by Crippen LogP contribution is -2.53. The maximum absolute atomic E-state index is 13.9. The largest absolute Gasteiger partial charge is 0.507 e. The van der Waals surface area contributed by atoms with Crippen molar-refractivity contribution in [2.75, 3.05) is 11.5 Å². The average Bonchev–Trinajstić information content (AvgIpc) is 3.47. The van der Waals surface area contributed by atoms with Crippen LogP contribution in [0.3, 0.4) is 0 Å². The van der Waals surface area contributed by atoms with Gasteiger partial charge in [0.05, 0.1) is 41.2 Å². The van der Waals surface area contributed by atoms with Gasteiger partial charge in [-0.3, -0.25) is 28.8 Å². The van der Waals surface area contributed by atoms with E-state index in [1.807, 2.05) is 0 Å². The van der Waals surface area contributed by atoms with E-state index in [2.05, 4.69) is 5.32 Å². The molecule has 6 N–H and O–H groups in total. The van der Waals surface area contributed by atoms with Gasteiger partial charge in [-0.25, -0.2) is 4.90 Å². The highest BCUT2D eigenvalue weighted by atomic mass is 16.5. The minimum Gasteiger partial charge on any atom is -0.507 e. The number of Topliss-reactive ketones (excluding diaryl/α,β-unsaturated/α-hetero) is 1. The molecule has 6 unspecified atom stereocenters. The summed E-state index contributed by atoms with van der Waals surface area (Å²) in [5, 5.41) is 58.6. The third-order valence-electron chi connectivity index (χ3n) is 10.8. The first kappa shape index (κ1) is 35.8. The van der Waals surface area contributed by atoms with E-state index in [4.69, 9.17) is 4.74 Å². The second kappa shape index (κ2) is 13.1. The van der Waals surface area contributed by atoms with E-state index in [1.54, 1.807) is 26.0 Å². The number of rotatable bonds is 7. The summed E-state index contributed by atoms with van der Waals surface area (Å²) in [5.74, 6) is -5.99. The molecular formula is C39H36N2O12. The number of carbonyl (C=O) groups excluding carboxylic acids is 6. The van der Waals surface area contributed by atoms with Crippen molar-refractivity contribution in [2.45, 2.75) is 69.5 Å². The highest BCUT2D eigenvalue weighted by Gasteiger charge is 2.50. The van der Waals surface area contributed by atoms with Crippen molar-refractivity contribution < 1.29 is 59.0 Å². The molecule has 1 heterocycles. The van der Waals surface area contributed by atoms with Gasteiger partial charge in [0.2, 0.25) is 0 Å². The van der Waals surface area contributed by atoms with Crippen LogP contribution in [-0.2, 0) is 25.5 Å². The normalized spacial score (nSPS) is 26.3. The Morgan fingerprint density at radius 3 is 2.32 bits per heavy atom. The average molecular weight is 725 g/mol. The molecular weight excluding hydrogens is 688 g/mol. The van der Waals surface area contributed by atoms with Gasteiger partial charge in [0.25, 0.3) is 17.7 Å². The third kappa shape index (κ3) is 5.83. The van der Waals surface area contributed by atoms with Crippen molar-refractivity contribution >= 4 is 40.8 Å². The molecule has 3 aliphatic carbocycles. The predicted octanol–water partition coefficient (Wildman–Crippen LogP) is 1.87. The monoisotopic (exact) mass is 724 g/mol. The van der Waals surface area contributed by atoms with Gasteiger partial charge in [0, 0.05) is 52.8 Å². The molecule has 0 aromatic heterocycles. The molecule has 1 fully saturated rings. The first-order valence-corrected chi connectivity index (χ1v) is 17.1. The zero-order chi connectivity index (χ0) is 38.1. The van der Waals surface area contributed by atoms with Gasteiger partial charge in [-0.05, 0) is 49.4 Å². The summed E-state index contributed by atoms with van der Waals surface area (Å²) >= 11 is 0. The van der Waals surface area contributed by atoms with E-state index < -0.39 is 113 Å². The molecule has 1 saturated carbocycles. The maximum atomic E-state index is 13.9. The lowest BCUT2D eigenvalue weighted by atomic mass is 9.71. The minimum atomic E-state index is -2.30. The van der Waals surface area contributed by atoms with E-state index in [9.17, 15) is 54.3 Å². The van der Waals surface area contributed by atoms with Crippen LogP contribution >= 0.6 is 0 Å². The zero-order valence-electron chi connectivity index (χ0n) is 28.7. The van der Waals surface area contributed by atoms with Crippen LogP contribution in [0.5, 0.6) is 11.5 Å². The number of aliphatic hydroxyl groups is 3. The number of amides is 3. The summed E-state index contributed by atoms with van der Waals surface area (Å²) in [7, 11) is 0. The van der Waals surface area contributed by atoms with E-state index >= 15 is 0 Å². The number of aromatic hydroxyl groups is 2. The number of fused-ring (bicyclic) bond motifs is 3. The predicted molar refractivity (Wildman–Crippen MR) is 185 cm³/mol. The van der Waals surface area contributed by atoms with Gasteiger partial charge in [-0.1, -0.05) is 31.2 Å². The number of hydrogen-bond donors (Lipinski definition) is 6. The van der Waals surface area contributed by atoms with Crippen molar-refractivity contribution in [2.24, 2.45) is 5.92 Å². The Bertz CT molecular complexity index is 2160. The highest BCUT2D eigenvalue weighted by Crippen LogP contribution is 2.52.